The summed E-state index contributed by atoms with van der Waals surface area (Å²) in [4.78, 5) is 6.70. The van der Waals surface area contributed by atoms with Crippen LogP contribution in [-0.4, -0.2) is 4.98 Å². The number of furan rings is 1. The van der Waals surface area contributed by atoms with Gasteiger partial charge in [0, 0.05) is 22.8 Å². The number of hydrogen-bond acceptors (Lipinski definition) is 3. The predicted molar refractivity (Wildman–Crippen MR) is 208 cm³/mol. The van der Waals surface area contributed by atoms with Crippen LogP contribution in [0.5, 0.6) is 0 Å². The number of para-hydroxylation sites is 1. The van der Waals surface area contributed by atoms with Crippen molar-refractivity contribution in [3.8, 4) is 44.5 Å². The Balaban J connectivity index is 1.17. The van der Waals surface area contributed by atoms with Gasteiger partial charge in [0.2, 0.25) is 0 Å². The Bertz CT molecular complexity index is 2550. The molecule has 0 atom stereocenters. The van der Waals surface area contributed by atoms with Gasteiger partial charge in [-0.3, -0.25) is 4.98 Å². The highest BCUT2D eigenvalue weighted by Gasteiger charge is 2.22. The topological polar surface area (TPSA) is 29.3 Å². The fraction of sp³-hybridized carbons (Fsp3) is 0. The van der Waals surface area contributed by atoms with E-state index in [0.717, 1.165) is 55.7 Å². The van der Waals surface area contributed by atoms with Gasteiger partial charge >= 0.3 is 0 Å². The monoisotopic (exact) mass is 640 g/mol. The van der Waals surface area contributed by atoms with E-state index in [2.05, 4.69) is 180 Å². The number of benzene rings is 7. The van der Waals surface area contributed by atoms with E-state index in [-0.39, 0.29) is 0 Å². The van der Waals surface area contributed by atoms with Gasteiger partial charge in [-0.25, -0.2) is 0 Å². The van der Waals surface area contributed by atoms with Crippen LogP contribution in [0, 0.1) is 0 Å². The maximum absolute atomic E-state index is 6.31. The fourth-order valence-corrected chi connectivity index (χ4v) is 6.93. The fourth-order valence-electron chi connectivity index (χ4n) is 6.93. The summed E-state index contributed by atoms with van der Waals surface area (Å²) in [6.07, 6.45) is 3.63. The third-order valence-corrected chi connectivity index (χ3v) is 9.42. The largest absolute Gasteiger partial charge is 0.454 e. The van der Waals surface area contributed by atoms with Crippen molar-refractivity contribution in [2.24, 2.45) is 0 Å². The molecule has 3 heteroatoms. The number of anilines is 3. The van der Waals surface area contributed by atoms with Crippen molar-refractivity contribution < 1.29 is 4.42 Å². The minimum Gasteiger partial charge on any atom is -0.454 e. The van der Waals surface area contributed by atoms with Crippen molar-refractivity contribution in [2.75, 3.05) is 4.90 Å². The maximum Gasteiger partial charge on any atom is 0.153 e. The first kappa shape index (κ1) is 29.4. The Kier molecular flexibility index (Phi) is 7.49. The Morgan fingerprint density at radius 3 is 1.50 bits per heavy atom. The Hall–Kier alpha value is -6.71. The first-order chi connectivity index (χ1) is 24.8. The Morgan fingerprint density at radius 2 is 0.880 bits per heavy atom. The predicted octanol–water partition coefficient (Wildman–Crippen LogP) is 13.1. The van der Waals surface area contributed by atoms with Crippen LogP contribution in [0.1, 0.15) is 0 Å². The lowest BCUT2D eigenvalue weighted by atomic mass is 9.97. The standard InChI is InChI=1S/C47H32N2O/c1-3-10-33(11-4-1)35-18-20-37(21-19-35)38-26-28-40(29-27-38)49(44-16-9-17-45-47(44)42-30-31-48-32-46(42)50-45)43-15-8-7-14-41(43)39-24-22-36(23-25-39)34-12-5-2-6-13-34/h1-32H. The van der Waals surface area contributed by atoms with Crippen LogP contribution >= 0.6 is 0 Å². The van der Waals surface area contributed by atoms with Gasteiger partial charge in [-0.15, -0.1) is 0 Å². The number of aromatic nitrogens is 1. The minimum absolute atomic E-state index is 0.772. The van der Waals surface area contributed by atoms with Crippen molar-refractivity contribution >= 4 is 39.0 Å². The molecular weight excluding hydrogens is 609 g/mol. The van der Waals surface area contributed by atoms with Crippen LogP contribution in [0.25, 0.3) is 66.4 Å². The van der Waals surface area contributed by atoms with Gasteiger partial charge in [-0.1, -0.05) is 146 Å². The second-order valence-electron chi connectivity index (χ2n) is 12.4. The molecule has 0 amide bonds. The van der Waals surface area contributed by atoms with E-state index in [1.165, 1.54) is 27.8 Å². The first-order valence-corrected chi connectivity index (χ1v) is 16.9. The molecule has 0 saturated carbocycles. The molecule has 7 aromatic carbocycles. The van der Waals surface area contributed by atoms with E-state index >= 15 is 0 Å². The molecule has 9 rings (SSSR count). The molecule has 0 aliphatic heterocycles. The second-order valence-corrected chi connectivity index (χ2v) is 12.4. The maximum atomic E-state index is 6.31. The molecule has 3 nitrogen and oxygen atoms in total. The van der Waals surface area contributed by atoms with Crippen LogP contribution in [0.15, 0.2) is 199 Å². The molecule has 9 aromatic rings. The van der Waals surface area contributed by atoms with E-state index in [9.17, 15) is 0 Å². The zero-order valence-electron chi connectivity index (χ0n) is 27.3. The molecule has 0 aliphatic carbocycles. The molecule has 50 heavy (non-hydrogen) atoms. The zero-order valence-corrected chi connectivity index (χ0v) is 27.3. The molecule has 2 aromatic heterocycles. The van der Waals surface area contributed by atoms with Gasteiger partial charge in [0.25, 0.3) is 0 Å². The van der Waals surface area contributed by atoms with Crippen LogP contribution in [0.2, 0.25) is 0 Å². The molecular formula is C47H32N2O. The van der Waals surface area contributed by atoms with E-state index in [1.54, 1.807) is 6.20 Å². The second kappa shape index (κ2) is 12.7. The summed E-state index contributed by atoms with van der Waals surface area (Å²) in [5, 5.41) is 2.09. The molecule has 2 heterocycles. The molecule has 0 radical (unpaired) electrons. The summed E-state index contributed by atoms with van der Waals surface area (Å²) in [6, 6.07) is 64.5. The summed E-state index contributed by atoms with van der Waals surface area (Å²) in [5.41, 5.74) is 14.2. The quantitative estimate of drug-likeness (QED) is 0.174. The van der Waals surface area contributed by atoms with Crippen LogP contribution in [0.3, 0.4) is 0 Å². The molecule has 0 saturated heterocycles. The van der Waals surface area contributed by atoms with Gasteiger partial charge < -0.3 is 9.32 Å². The van der Waals surface area contributed by atoms with Crippen molar-refractivity contribution in [3.05, 3.63) is 194 Å². The van der Waals surface area contributed by atoms with E-state index in [4.69, 9.17) is 4.42 Å². The SMILES string of the molecule is c1ccc(-c2ccc(-c3ccc(N(c4ccccc4-c4ccc(-c5ccccc5)cc4)c4cccc5oc6cnccc6c45)cc3)cc2)cc1. The number of pyridine rings is 1. The van der Waals surface area contributed by atoms with Crippen LogP contribution < -0.4 is 4.90 Å². The van der Waals surface area contributed by atoms with E-state index in [1.807, 2.05) is 18.3 Å². The van der Waals surface area contributed by atoms with Gasteiger partial charge in [-0.2, -0.15) is 0 Å². The van der Waals surface area contributed by atoms with Crippen molar-refractivity contribution in [1.29, 1.82) is 0 Å². The minimum atomic E-state index is 0.772. The number of hydrogen-bond donors (Lipinski definition) is 0. The summed E-state index contributed by atoms with van der Waals surface area (Å²) in [6.45, 7) is 0. The Labute approximate surface area is 291 Å². The molecule has 0 aliphatic rings. The molecule has 0 unspecified atom stereocenters. The average Bonchev–Trinajstić information content (AvgIpc) is 3.59. The summed E-state index contributed by atoms with van der Waals surface area (Å²) >= 11 is 0. The molecule has 0 N–H and O–H groups in total. The van der Waals surface area contributed by atoms with Crippen LogP contribution in [0.4, 0.5) is 17.1 Å². The highest BCUT2D eigenvalue weighted by atomic mass is 16.3. The highest BCUT2D eigenvalue weighted by Crippen LogP contribution is 2.46. The highest BCUT2D eigenvalue weighted by molar-refractivity contribution is 6.13. The number of fused-ring (bicyclic) bond motifs is 3. The lowest BCUT2D eigenvalue weighted by molar-refractivity contribution is 0.667. The van der Waals surface area contributed by atoms with Gasteiger partial charge in [-0.05, 0) is 75.3 Å². The van der Waals surface area contributed by atoms with Crippen molar-refractivity contribution in [2.45, 2.75) is 0 Å². The third kappa shape index (κ3) is 5.41. The molecule has 0 spiro atoms. The van der Waals surface area contributed by atoms with Gasteiger partial charge in [0.05, 0.1) is 23.0 Å². The third-order valence-electron chi connectivity index (χ3n) is 9.42. The first-order valence-electron chi connectivity index (χ1n) is 16.9. The van der Waals surface area contributed by atoms with Gasteiger partial charge in [0.1, 0.15) is 5.58 Å². The molecule has 236 valence electrons. The summed E-state index contributed by atoms with van der Waals surface area (Å²) < 4.78 is 6.31. The van der Waals surface area contributed by atoms with Crippen molar-refractivity contribution in [3.63, 3.8) is 0 Å². The van der Waals surface area contributed by atoms with E-state index < -0.39 is 0 Å². The van der Waals surface area contributed by atoms with E-state index in [0.29, 0.717) is 0 Å². The van der Waals surface area contributed by atoms with Gasteiger partial charge in [0.15, 0.2) is 5.58 Å². The summed E-state index contributed by atoms with van der Waals surface area (Å²) in [5.74, 6) is 0. The number of nitrogens with zero attached hydrogens (tertiary/aromatic N) is 2. The Morgan fingerprint density at radius 1 is 0.380 bits per heavy atom. The molecule has 0 fully saturated rings. The lowest BCUT2D eigenvalue weighted by Gasteiger charge is -2.28. The van der Waals surface area contributed by atoms with Crippen LogP contribution in [-0.2, 0) is 0 Å². The molecule has 0 bridgehead atoms. The van der Waals surface area contributed by atoms with Crippen molar-refractivity contribution in [1.82, 2.24) is 4.98 Å². The average molecular weight is 641 g/mol. The lowest BCUT2D eigenvalue weighted by Crippen LogP contribution is -2.11. The smallest absolute Gasteiger partial charge is 0.153 e. The normalized spacial score (nSPS) is 11.2. The number of rotatable bonds is 7. The zero-order chi connectivity index (χ0) is 33.3. The summed E-state index contributed by atoms with van der Waals surface area (Å²) in [7, 11) is 0.